The van der Waals surface area contributed by atoms with E-state index in [1.807, 2.05) is 4.52 Å². The molecule has 9 nitrogen and oxygen atoms in total. The highest BCUT2D eigenvalue weighted by molar-refractivity contribution is 6.08. The lowest BCUT2D eigenvalue weighted by Crippen LogP contribution is -2.36. The molecule has 33 heavy (non-hydrogen) atoms. The second-order valence-electron chi connectivity index (χ2n) is 11.4. The number of hydrogen-bond donors (Lipinski definition) is 3. The highest BCUT2D eigenvalue weighted by Gasteiger charge is 2.32. The quantitative estimate of drug-likeness (QED) is 0.324. The average molecular weight is 455 g/mol. The number of rotatable bonds is 6. The van der Waals surface area contributed by atoms with Crippen molar-refractivity contribution in [3.63, 3.8) is 0 Å². The van der Waals surface area contributed by atoms with Crippen LogP contribution in [0.5, 0.6) is 0 Å². The minimum atomic E-state index is -0.477. The number of benzene rings is 1. The van der Waals surface area contributed by atoms with Crippen molar-refractivity contribution in [3.8, 4) is 0 Å². The molecule has 0 spiro atoms. The third-order valence-electron chi connectivity index (χ3n) is 5.18. The number of non-ortho nitro benzene ring substituents is 1. The number of nitro benzene ring substituents is 1. The summed E-state index contributed by atoms with van der Waals surface area (Å²) in [6, 6.07) is 5.73. The molecule has 0 saturated carbocycles. The van der Waals surface area contributed by atoms with E-state index in [0.717, 1.165) is 17.9 Å². The molecular weight excluding hydrogens is 420 g/mol. The zero-order valence-corrected chi connectivity index (χ0v) is 20.7. The normalized spacial score (nSPS) is 12.7. The molecule has 3 aromatic rings. The van der Waals surface area contributed by atoms with Gasteiger partial charge >= 0.3 is 0 Å². The predicted molar refractivity (Wildman–Crippen MR) is 131 cm³/mol. The molecule has 0 fully saturated rings. The van der Waals surface area contributed by atoms with Crippen molar-refractivity contribution in [3.05, 3.63) is 51.8 Å². The van der Waals surface area contributed by atoms with Gasteiger partial charge in [-0.2, -0.15) is 0 Å². The number of hydrogen-bond acceptors (Lipinski definition) is 5. The first kappa shape index (κ1) is 24.3. The molecule has 0 aliphatic rings. The van der Waals surface area contributed by atoms with Gasteiger partial charge < -0.3 is 10.6 Å². The highest BCUT2D eigenvalue weighted by atomic mass is 16.6. The summed E-state index contributed by atoms with van der Waals surface area (Å²) in [5, 5.41) is 20.5. The van der Waals surface area contributed by atoms with Gasteiger partial charge in [-0.05, 0) is 37.8 Å². The number of imidazole rings is 1. The Balaban J connectivity index is 1.97. The molecule has 178 valence electrons. The molecule has 1 aromatic carbocycles. The molecular formula is C24H34N6O3. The summed E-state index contributed by atoms with van der Waals surface area (Å²) in [4.78, 5) is 28.2. The van der Waals surface area contributed by atoms with E-state index in [1.54, 1.807) is 6.20 Å². The summed E-state index contributed by atoms with van der Waals surface area (Å²) in [6.07, 6.45) is 2.56. The Bertz CT molecular complexity index is 1170. The smallest absolute Gasteiger partial charge is 0.269 e. The maximum absolute atomic E-state index is 13.0. The van der Waals surface area contributed by atoms with Gasteiger partial charge in [-0.3, -0.25) is 20.0 Å². The summed E-state index contributed by atoms with van der Waals surface area (Å²) in [5.74, 6) is 0.488. The first-order valence-electron chi connectivity index (χ1n) is 11.0. The van der Waals surface area contributed by atoms with Crippen LogP contribution in [0.3, 0.4) is 0 Å². The summed E-state index contributed by atoms with van der Waals surface area (Å²) in [6.45, 7) is 17.2. The van der Waals surface area contributed by atoms with Gasteiger partial charge in [0.25, 0.3) is 11.6 Å². The fourth-order valence-electron chi connectivity index (χ4n) is 4.28. The van der Waals surface area contributed by atoms with Crippen LogP contribution in [-0.4, -0.2) is 31.0 Å². The zero-order chi connectivity index (χ0) is 24.8. The standard InChI is InChI=1S/C24H34N6O3/c1-22(2,3)14-24(7,8)28-20-18(23(4,5)6)27-19-17(13-25-29(19)20)21(31)26-15-9-11-16(12-10-15)30(32)33/h9-13,25,28H,14H2,1-8H3,(H,26,31). The van der Waals surface area contributed by atoms with Gasteiger partial charge in [0, 0.05) is 35.0 Å². The van der Waals surface area contributed by atoms with E-state index in [4.69, 9.17) is 4.98 Å². The minimum Gasteiger partial charge on any atom is -0.364 e. The summed E-state index contributed by atoms with van der Waals surface area (Å²) >= 11 is 0. The largest absolute Gasteiger partial charge is 0.364 e. The number of carbonyl (C=O) groups excluding carboxylic acids is 1. The Labute approximate surface area is 194 Å². The van der Waals surface area contributed by atoms with Gasteiger partial charge in [0.05, 0.1) is 10.6 Å². The van der Waals surface area contributed by atoms with Crippen LogP contribution in [0.15, 0.2) is 30.5 Å². The van der Waals surface area contributed by atoms with E-state index in [9.17, 15) is 14.9 Å². The number of carbonyl (C=O) groups is 1. The first-order chi connectivity index (χ1) is 15.1. The number of H-pyrrole nitrogens is 1. The molecule has 0 radical (unpaired) electrons. The van der Waals surface area contributed by atoms with Crippen LogP contribution in [-0.2, 0) is 5.41 Å². The van der Waals surface area contributed by atoms with E-state index >= 15 is 0 Å². The molecule has 9 heteroatoms. The number of nitro groups is 1. The Morgan fingerprint density at radius 1 is 1.09 bits per heavy atom. The molecule has 0 unspecified atom stereocenters. The van der Waals surface area contributed by atoms with Crippen molar-refractivity contribution in [2.24, 2.45) is 5.41 Å². The molecule has 0 atom stereocenters. The van der Waals surface area contributed by atoms with Crippen LogP contribution in [0, 0.1) is 15.5 Å². The zero-order valence-electron chi connectivity index (χ0n) is 20.7. The third-order valence-corrected chi connectivity index (χ3v) is 5.18. The van der Waals surface area contributed by atoms with Gasteiger partial charge in [-0.15, -0.1) is 0 Å². The van der Waals surface area contributed by atoms with Crippen molar-refractivity contribution >= 4 is 28.7 Å². The Morgan fingerprint density at radius 3 is 2.21 bits per heavy atom. The van der Waals surface area contributed by atoms with Crippen LogP contribution in [0.25, 0.3) is 5.65 Å². The first-order valence-corrected chi connectivity index (χ1v) is 11.0. The Morgan fingerprint density at radius 2 is 1.70 bits per heavy atom. The Kier molecular flexibility index (Phi) is 6.04. The maximum Gasteiger partial charge on any atom is 0.269 e. The average Bonchev–Trinajstić information content (AvgIpc) is 3.20. The van der Waals surface area contributed by atoms with Crippen LogP contribution >= 0.6 is 0 Å². The van der Waals surface area contributed by atoms with Crippen molar-refractivity contribution in [2.75, 3.05) is 10.6 Å². The predicted octanol–water partition coefficient (Wildman–Crippen LogP) is 5.75. The number of nitrogens with one attached hydrogen (secondary N) is 3. The van der Waals surface area contributed by atoms with Gasteiger partial charge in [-0.1, -0.05) is 41.5 Å². The molecule has 0 bridgehead atoms. The van der Waals surface area contributed by atoms with E-state index in [-0.39, 0.29) is 28.0 Å². The summed E-state index contributed by atoms with van der Waals surface area (Å²) in [5.41, 5.74) is 1.88. The SMILES string of the molecule is CC(C)(C)CC(C)(C)Nc1c(C(C)(C)C)nc2c(C(=O)Nc3ccc([N+](=O)[O-])cc3)c[nH]n12. The second kappa shape index (κ2) is 8.20. The topological polar surface area (TPSA) is 117 Å². The van der Waals surface area contributed by atoms with Crippen molar-refractivity contribution in [1.82, 2.24) is 14.6 Å². The molecule has 0 aliphatic carbocycles. The highest BCUT2D eigenvalue weighted by Crippen LogP contribution is 2.35. The number of aromatic amines is 1. The van der Waals surface area contributed by atoms with E-state index in [2.05, 4.69) is 71.1 Å². The minimum absolute atomic E-state index is 0.0336. The number of amides is 1. The summed E-state index contributed by atoms with van der Waals surface area (Å²) < 4.78 is 1.82. The molecule has 0 aliphatic heterocycles. The fourth-order valence-corrected chi connectivity index (χ4v) is 4.28. The van der Waals surface area contributed by atoms with Crippen molar-refractivity contribution in [2.45, 2.75) is 72.8 Å². The molecule has 2 aromatic heterocycles. The van der Waals surface area contributed by atoms with Gasteiger partial charge in [0.1, 0.15) is 5.56 Å². The van der Waals surface area contributed by atoms with E-state index in [0.29, 0.717) is 16.9 Å². The third kappa shape index (κ3) is 5.53. The number of fused-ring (bicyclic) bond motifs is 1. The summed E-state index contributed by atoms with van der Waals surface area (Å²) in [7, 11) is 0. The van der Waals surface area contributed by atoms with E-state index < -0.39 is 4.92 Å². The Hall–Kier alpha value is -3.36. The van der Waals surface area contributed by atoms with Crippen molar-refractivity contribution < 1.29 is 9.72 Å². The lowest BCUT2D eigenvalue weighted by Gasteiger charge is -2.34. The van der Waals surface area contributed by atoms with Crippen LogP contribution in [0.4, 0.5) is 17.2 Å². The van der Waals surface area contributed by atoms with E-state index in [1.165, 1.54) is 24.3 Å². The second-order valence-corrected chi connectivity index (χ2v) is 11.4. The van der Waals surface area contributed by atoms with Crippen LogP contribution in [0.1, 0.15) is 77.9 Å². The lowest BCUT2D eigenvalue weighted by molar-refractivity contribution is -0.384. The molecule has 1 amide bonds. The van der Waals surface area contributed by atoms with Gasteiger partial charge in [-0.25, -0.2) is 9.50 Å². The fraction of sp³-hybridized carbons (Fsp3) is 0.500. The number of nitrogens with zero attached hydrogens (tertiary/aromatic N) is 3. The lowest BCUT2D eigenvalue weighted by atomic mass is 9.81. The molecule has 2 heterocycles. The van der Waals surface area contributed by atoms with Crippen molar-refractivity contribution in [1.29, 1.82) is 0 Å². The molecule has 3 rings (SSSR count). The number of anilines is 2. The van der Waals surface area contributed by atoms with Crippen LogP contribution < -0.4 is 10.6 Å². The monoisotopic (exact) mass is 454 g/mol. The van der Waals surface area contributed by atoms with Gasteiger partial charge in [0.15, 0.2) is 11.5 Å². The maximum atomic E-state index is 13.0. The number of aromatic nitrogens is 3. The van der Waals surface area contributed by atoms with Gasteiger partial charge in [0.2, 0.25) is 0 Å². The molecule has 0 saturated heterocycles. The molecule has 3 N–H and O–H groups in total. The van der Waals surface area contributed by atoms with Crippen LogP contribution in [0.2, 0.25) is 0 Å².